The van der Waals surface area contributed by atoms with Gasteiger partial charge < -0.3 is 9.99 Å². The number of alkyl halides is 2. The Balaban J connectivity index is 1.38. The van der Waals surface area contributed by atoms with Gasteiger partial charge in [0, 0.05) is 43.4 Å². The second-order valence-corrected chi connectivity index (χ2v) is 12.2. The molecule has 0 bridgehead atoms. The van der Waals surface area contributed by atoms with Crippen molar-refractivity contribution < 1.29 is 47.3 Å². The Hall–Kier alpha value is -1.43. The molecule has 8 atom stereocenters. The van der Waals surface area contributed by atoms with Crippen molar-refractivity contribution >= 4 is 35.4 Å². The van der Waals surface area contributed by atoms with Gasteiger partial charge in [-0.3, -0.25) is 24.2 Å². The lowest BCUT2D eigenvalue weighted by Gasteiger charge is -2.54. The average molecular weight is 532 g/mol. The summed E-state index contributed by atoms with van der Waals surface area (Å²) in [6.07, 6.45) is 4.38. The molecule has 0 radical (unpaired) electrons. The number of hydrogen-bond acceptors (Lipinski definition) is 9. The number of ether oxygens (including phenoxy) is 1. The summed E-state index contributed by atoms with van der Waals surface area (Å²) in [4.78, 5) is 51.0. The molecule has 0 N–H and O–H groups in total. The van der Waals surface area contributed by atoms with Crippen LogP contribution in [0.5, 0.6) is 0 Å². The number of fused-ring (bicyclic) bond motifs is 5. The highest BCUT2D eigenvalue weighted by atomic mass is 32.2. The highest BCUT2D eigenvalue weighted by molar-refractivity contribution is 7.95. The number of carbonyl (C=O) groups is 4. The summed E-state index contributed by atoms with van der Waals surface area (Å²) in [5.41, 5.74) is -0.656. The molecule has 1 unspecified atom stereocenters. The zero-order valence-electron chi connectivity index (χ0n) is 20.5. The van der Waals surface area contributed by atoms with Crippen LogP contribution in [0.15, 0.2) is 0 Å². The minimum Gasteiger partial charge on any atom is -0.691 e. The Bertz CT molecular complexity index is 897. The Labute approximate surface area is 213 Å². The molecule has 0 aliphatic heterocycles. The number of Topliss-reactive ketones (excluding diaryl/α,β-unsaturated/α-hetero) is 3. The van der Waals surface area contributed by atoms with Crippen LogP contribution in [0.25, 0.3) is 0 Å². The predicted octanol–water partition coefficient (Wildman–Crippen LogP) is 3.61. The first-order valence-electron chi connectivity index (χ1n) is 12.7. The van der Waals surface area contributed by atoms with Gasteiger partial charge in [-0.1, -0.05) is 13.8 Å². The molecular formula is C25H33F2O8S-. The van der Waals surface area contributed by atoms with E-state index < -0.39 is 35.3 Å². The largest absolute Gasteiger partial charge is 0.691 e. The molecule has 0 heterocycles. The molecule has 0 spiro atoms. The predicted molar refractivity (Wildman–Crippen MR) is 120 cm³/mol. The van der Waals surface area contributed by atoms with Crippen LogP contribution in [0.1, 0.15) is 71.6 Å². The van der Waals surface area contributed by atoms with Crippen LogP contribution in [-0.4, -0.2) is 35.2 Å². The third kappa shape index (κ3) is 5.26. The van der Waals surface area contributed by atoms with E-state index in [1.54, 1.807) is 0 Å². The third-order valence-corrected chi connectivity index (χ3v) is 10.0. The van der Waals surface area contributed by atoms with E-state index in [-0.39, 0.29) is 65.2 Å². The van der Waals surface area contributed by atoms with Gasteiger partial charge in [-0.15, -0.1) is 0 Å². The highest BCUT2D eigenvalue weighted by Gasteiger charge is 2.63. The lowest BCUT2D eigenvalue weighted by Crippen LogP contribution is -2.56. The van der Waals surface area contributed by atoms with Gasteiger partial charge in [-0.05, 0) is 61.2 Å². The van der Waals surface area contributed by atoms with Gasteiger partial charge in [0.2, 0.25) is 0 Å². The third-order valence-electron chi connectivity index (χ3n) is 9.56. The molecule has 202 valence electrons. The summed E-state index contributed by atoms with van der Waals surface area (Å²) in [6.45, 7) is 2.68. The van der Waals surface area contributed by atoms with Gasteiger partial charge in [0.1, 0.15) is 29.4 Å². The van der Waals surface area contributed by atoms with Crippen LogP contribution < -0.4 is 5.26 Å². The maximum absolute atomic E-state index is 13.7. The van der Waals surface area contributed by atoms with Crippen molar-refractivity contribution in [3.05, 3.63) is 0 Å². The van der Waals surface area contributed by atoms with Crippen LogP contribution in [-0.2, 0) is 33.3 Å². The van der Waals surface area contributed by atoms with E-state index in [9.17, 15) is 33.2 Å². The van der Waals surface area contributed by atoms with Gasteiger partial charge in [-0.2, -0.15) is 13.1 Å². The van der Waals surface area contributed by atoms with E-state index in [1.807, 2.05) is 13.8 Å². The van der Waals surface area contributed by atoms with Crippen LogP contribution in [0.3, 0.4) is 0 Å². The van der Waals surface area contributed by atoms with E-state index in [1.165, 1.54) is 0 Å². The molecule has 4 fully saturated rings. The quantitative estimate of drug-likeness (QED) is 0.190. The topological polar surface area (TPSA) is 119 Å². The van der Waals surface area contributed by atoms with Crippen LogP contribution in [0.2, 0.25) is 0 Å². The van der Waals surface area contributed by atoms with Gasteiger partial charge >= 0.3 is 11.2 Å². The first-order valence-corrected chi connectivity index (χ1v) is 13.5. The molecule has 4 saturated carbocycles. The number of ketones is 3. The Morgan fingerprint density at radius 1 is 1.17 bits per heavy atom. The van der Waals surface area contributed by atoms with Gasteiger partial charge in [0.15, 0.2) is 6.61 Å². The van der Waals surface area contributed by atoms with E-state index in [0.29, 0.717) is 32.1 Å². The number of carbonyl (C=O) groups excluding carboxylic acids is 4. The molecule has 11 heteroatoms. The van der Waals surface area contributed by atoms with Crippen molar-refractivity contribution in [3.8, 4) is 0 Å². The first-order chi connectivity index (χ1) is 17.0. The molecule has 4 rings (SSSR count). The summed E-state index contributed by atoms with van der Waals surface area (Å²) < 4.78 is 35.1. The van der Waals surface area contributed by atoms with Crippen molar-refractivity contribution in [3.63, 3.8) is 0 Å². The Morgan fingerprint density at radius 3 is 2.64 bits per heavy atom. The zero-order valence-corrected chi connectivity index (χ0v) is 21.4. The first kappa shape index (κ1) is 27.6. The average Bonchev–Trinajstić information content (AvgIpc) is 3.18. The molecule has 4 aliphatic rings. The zero-order chi connectivity index (χ0) is 26.3. The fourth-order valence-corrected chi connectivity index (χ4v) is 8.21. The molecule has 4 aliphatic carbocycles. The van der Waals surface area contributed by atoms with Crippen LogP contribution >= 0.6 is 12.0 Å². The smallest absolute Gasteiger partial charge is 0.354 e. The molecule has 0 amide bonds. The highest BCUT2D eigenvalue weighted by Crippen LogP contribution is 2.63. The lowest BCUT2D eigenvalue weighted by atomic mass is 9.48. The van der Waals surface area contributed by atoms with E-state index in [0.717, 1.165) is 19.3 Å². The van der Waals surface area contributed by atoms with E-state index in [4.69, 9.17) is 0 Å². The normalized spacial score (nSPS) is 37.2. The summed E-state index contributed by atoms with van der Waals surface area (Å²) in [5, 5.41) is 8.96. The fourth-order valence-electron chi connectivity index (χ4n) is 7.98. The van der Waals surface area contributed by atoms with Crippen molar-refractivity contribution in [2.24, 2.45) is 46.8 Å². The summed E-state index contributed by atoms with van der Waals surface area (Å²) in [5.74, 6) is -0.102. The minimum atomic E-state index is -3.62. The van der Waals surface area contributed by atoms with Crippen LogP contribution in [0, 0.1) is 46.8 Å². The number of hydrogen-bond donors (Lipinski definition) is 0. The number of rotatable bonds is 9. The summed E-state index contributed by atoms with van der Waals surface area (Å²) in [6, 6.07) is 0. The Kier molecular flexibility index (Phi) is 8.24. The number of esters is 1. The molecule has 0 aromatic heterocycles. The second kappa shape index (κ2) is 10.7. The van der Waals surface area contributed by atoms with Crippen molar-refractivity contribution in [2.75, 3.05) is 6.61 Å². The fraction of sp³-hybridized carbons (Fsp3) is 0.840. The molecule has 0 saturated heterocycles. The number of halogens is 2. The summed E-state index contributed by atoms with van der Waals surface area (Å²) >= 11 is -0.533. The van der Waals surface area contributed by atoms with Gasteiger partial charge in [0.25, 0.3) is 0 Å². The monoisotopic (exact) mass is 531 g/mol. The molecule has 0 aromatic rings. The molecule has 8 nitrogen and oxygen atoms in total. The standard InChI is InChI=1S/C25H34F2O8S/c1-13(3-8-22(31)33-12-25(26,27)36-35-34-32)18-6-7-19-23-17(11-21(30)24(18,19)2)16-5-4-15(28)9-14(16)10-20(23)29/h13-14,16-19,23,32H,3-12H2,1-2H3/p-1/t13?,14-,16-,17+,18+,19-,23+,24+/m0/s1. The van der Waals surface area contributed by atoms with Gasteiger partial charge in [-0.25, -0.2) is 0 Å². The molecule has 36 heavy (non-hydrogen) atoms. The molecule has 0 aromatic carbocycles. The van der Waals surface area contributed by atoms with E-state index >= 15 is 0 Å². The van der Waals surface area contributed by atoms with Crippen LogP contribution in [0.4, 0.5) is 8.78 Å². The van der Waals surface area contributed by atoms with Crippen molar-refractivity contribution in [1.82, 2.24) is 0 Å². The van der Waals surface area contributed by atoms with Gasteiger partial charge in [0.05, 0.1) is 0 Å². The maximum Gasteiger partial charge on any atom is 0.354 e. The minimum absolute atomic E-state index is 0.0122. The van der Waals surface area contributed by atoms with Crippen molar-refractivity contribution in [2.45, 2.75) is 76.9 Å². The summed E-state index contributed by atoms with van der Waals surface area (Å²) in [7, 11) is 0. The van der Waals surface area contributed by atoms with Crippen molar-refractivity contribution in [1.29, 1.82) is 0 Å². The SMILES string of the molecule is CC(CCC(=O)OCC(F)(F)SOO[O-])[C@H]1CC[C@H]2[C@@H]3C(=O)C[C@@H]4CC(=O)CC[C@@H]4[C@H]3CC(=O)[C@]12C. The Morgan fingerprint density at radius 2 is 1.92 bits per heavy atom. The lowest BCUT2D eigenvalue weighted by molar-refractivity contribution is -0.777. The maximum atomic E-state index is 13.7. The second-order valence-electron chi connectivity index (χ2n) is 11.3. The van der Waals surface area contributed by atoms with E-state index in [2.05, 4.69) is 14.1 Å². The molecular weight excluding hydrogens is 498 g/mol.